The smallest absolute Gasteiger partial charge is 0.263 e. The first-order chi connectivity index (χ1) is 8.22. The molecule has 0 radical (unpaired) electrons. The summed E-state index contributed by atoms with van der Waals surface area (Å²) < 4.78 is 23.4. The zero-order chi connectivity index (χ0) is 12.3. The molecule has 1 heterocycles. The van der Waals surface area contributed by atoms with E-state index in [0.29, 0.717) is 18.9 Å². The van der Waals surface area contributed by atoms with Gasteiger partial charge in [0.1, 0.15) is 5.82 Å². The molecule has 0 fully saturated rings. The molecule has 90 valence electrons. The number of anilines is 1. The van der Waals surface area contributed by atoms with Crippen LogP contribution in [0.4, 0.5) is 10.1 Å². The van der Waals surface area contributed by atoms with Crippen molar-refractivity contribution in [3.05, 3.63) is 29.8 Å². The molecule has 5 nitrogen and oxygen atoms in total. The maximum atomic E-state index is 13.6. The lowest BCUT2D eigenvalue weighted by Crippen LogP contribution is -1.97. The highest BCUT2D eigenvalue weighted by atomic mass is 19.1. The van der Waals surface area contributed by atoms with Crippen LogP contribution in [-0.2, 0) is 11.2 Å². The van der Waals surface area contributed by atoms with E-state index in [-0.39, 0.29) is 17.1 Å². The molecule has 2 rings (SSSR count). The molecule has 17 heavy (non-hydrogen) atoms. The van der Waals surface area contributed by atoms with E-state index in [2.05, 4.69) is 10.1 Å². The van der Waals surface area contributed by atoms with Crippen molar-refractivity contribution in [2.24, 2.45) is 0 Å². The van der Waals surface area contributed by atoms with Crippen LogP contribution in [0.25, 0.3) is 11.5 Å². The summed E-state index contributed by atoms with van der Waals surface area (Å²) in [5.41, 5.74) is 6.08. The molecule has 0 saturated carbocycles. The number of nitrogens with two attached hydrogens (primary N) is 1. The van der Waals surface area contributed by atoms with Crippen LogP contribution in [0.1, 0.15) is 5.82 Å². The first-order valence-corrected chi connectivity index (χ1v) is 5.08. The quantitative estimate of drug-likeness (QED) is 0.818. The minimum absolute atomic E-state index is 0.0895. The summed E-state index contributed by atoms with van der Waals surface area (Å²) in [5.74, 6) is 0.0724. The van der Waals surface area contributed by atoms with Gasteiger partial charge < -0.3 is 15.0 Å². The number of halogens is 1. The molecule has 0 amide bonds. The highest BCUT2D eigenvalue weighted by Crippen LogP contribution is 2.27. The number of hydrogen-bond acceptors (Lipinski definition) is 5. The van der Waals surface area contributed by atoms with Gasteiger partial charge in [-0.1, -0.05) is 11.2 Å². The van der Waals surface area contributed by atoms with E-state index in [1.165, 1.54) is 12.1 Å². The van der Waals surface area contributed by atoms with Crippen molar-refractivity contribution < 1.29 is 13.7 Å². The minimum atomic E-state index is -0.480. The highest BCUT2D eigenvalue weighted by Gasteiger charge is 2.15. The fourth-order valence-corrected chi connectivity index (χ4v) is 1.42. The van der Waals surface area contributed by atoms with Gasteiger partial charge in [-0.15, -0.1) is 0 Å². The van der Waals surface area contributed by atoms with Gasteiger partial charge in [0.15, 0.2) is 5.82 Å². The molecule has 0 bridgehead atoms. The summed E-state index contributed by atoms with van der Waals surface area (Å²) >= 11 is 0. The molecule has 0 aliphatic carbocycles. The predicted octanol–water partition coefficient (Wildman–Crippen LogP) is 1.65. The molecule has 0 atom stereocenters. The van der Waals surface area contributed by atoms with Gasteiger partial charge in [-0.3, -0.25) is 0 Å². The number of hydrogen-bond donors (Lipinski definition) is 1. The van der Waals surface area contributed by atoms with Crippen LogP contribution < -0.4 is 5.73 Å². The van der Waals surface area contributed by atoms with Crippen molar-refractivity contribution in [2.45, 2.75) is 6.42 Å². The fraction of sp³-hybridized carbons (Fsp3) is 0.273. The predicted molar refractivity (Wildman–Crippen MR) is 59.7 cm³/mol. The first-order valence-electron chi connectivity index (χ1n) is 5.08. The van der Waals surface area contributed by atoms with Crippen molar-refractivity contribution in [1.29, 1.82) is 0 Å². The average molecular weight is 237 g/mol. The zero-order valence-electron chi connectivity index (χ0n) is 9.31. The number of benzene rings is 1. The van der Waals surface area contributed by atoms with Gasteiger partial charge in [0.05, 0.1) is 12.2 Å². The molecule has 0 spiro atoms. The third kappa shape index (κ3) is 2.42. The van der Waals surface area contributed by atoms with Crippen LogP contribution in [0.2, 0.25) is 0 Å². The largest absolute Gasteiger partial charge is 0.398 e. The second-order valence-corrected chi connectivity index (χ2v) is 3.46. The van der Waals surface area contributed by atoms with Gasteiger partial charge in [0.2, 0.25) is 0 Å². The minimum Gasteiger partial charge on any atom is -0.398 e. The first kappa shape index (κ1) is 11.5. The molecule has 0 unspecified atom stereocenters. The number of methoxy groups -OCH3 is 1. The lowest BCUT2D eigenvalue weighted by Gasteiger charge is -2.00. The Labute approximate surface area is 97.4 Å². The third-order valence-corrected chi connectivity index (χ3v) is 2.26. The fourth-order valence-electron chi connectivity index (χ4n) is 1.42. The number of rotatable bonds is 4. The second kappa shape index (κ2) is 4.92. The van der Waals surface area contributed by atoms with E-state index < -0.39 is 5.82 Å². The Morgan fingerprint density at radius 3 is 3.00 bits per heavy atom. The van der Waals surface area contributed by atoms with E-state index >= 15 is 0 Å². The van der Waals surface area contributed by atoms with Crippen molar-refractivity contribution >= 4 is 5.69 Å². The number of aromatic nitrogens is 2. The van der Waals surface area contributed by atoms with Crippen molar-refractivity contribution in [2.75, 3.05) is 19.5 Å². The van der Waals surface area contributed by atoms with Crippen molar-refractivity contribution in [3.63, 3.8) is 0 Å². The maximum Gasteiger partial charge on any atom is 0.263 e. The van der Waals surface area contributed by atoms with Crippen molar-refractivity contribution in [3.8, 4) is 11.5 Å². The van der Waals surface area contributed by atoms with Gasteiger partial charge in [-0.05, 0) is 12.1 Å². The van der Waals surface area contributed by atoms with Crippen LogP contribution >= 0.6 is 0 Å². The van der Waals surface area contributed by atoms with E-state index in [1.807, 2.05) is 0 Å². The lowest BCUT2D eigenvalue weighted by atomic mass is 10.1. The second-order valence-electron chi connectivity index (χ2n) is 3.46. The van der Waals surface area contributed by atoms with Gasteiger partial charge in [0, 0.05) is 19.2 Å². The van der Waals surface area contributed by atoms with Crippen LogP contribution in [0, 0.1) is 5.82 Å². The topological polar surface area (TPSA) is 74.2 Å². The van der Waals surface area contributed by atoms with E-state index in [4.69, 9.17) is 15.0 Å². The molecular weight excluding hydrogens is 225 g/mol. The van der Waals surface area contributed by atoms with E-state index in [0.717, 1.165) is 0 Å². The number of ether oxygens (including phenoxy) is 1. The van der Waals surface area contributed by atoms with Gasteiger partial charge in [-0.25, -0.2) is 4.39 Å². The Hall–Kier alpha value is -1.95. The molecule has 1 aromatic carbocycles. The summed E-state index contributed by atoms with van der Waals surface area (Å²) in [5, 5.41) is 3.72. The third-order valence-electron chi connectivity index (χ3n) is 2.26. The standard InChI is InChI=1S/C11H12FN3O2/c1-16-6-5-9-14-11(17-15-9)10-7(12)3-2-4-8(10)13/h2-4H,5-6,13H2,1H3. The highest BCUT2D eigenvalue weighted by molar-refractivity contribution is 5.70. The molecule has 6 heteroatoms. The Morgan fingerprint density at radius 2 is 2.29 bits per heavy atom. The Morgan fingerprint density at radius 1 is 1.47 bits per heavy atom. The summed E-state index contributed by atoms with van der Waals surface area (Å²) in [6.45, 7) is 0.478. The van der Waals surface area contributed by atoms with Crippen LogP contribution in [0.3, 0.4) is 0 Å². The van der Waals surface area contributed by atoms with Crippen LogP contribution in [-0.4, -0.2) is 23.9 Å². The number of nitrogens with zero attached hydrogens (tertiary/aromatic N) is 2. The molecule has 0 aliphatic heterocycles. The Balaban J connectivity index is 2.30. The Kier molecular flexibility index (Phi) is 3.34. The van der Waals surface area contributed by atoms with Crippen LogP contribution in [0.5, 0.6) is 0 Å². The molecule has 2 N–H and O–H groups in total. The monoisotopic (exact) mass is 237 g/mol. The molecule has 0 saturated heterocycles. The van der Waals surface area contributed by atoms with Gasteiger partial charge in [-0.2, -0.15) is 4.98 Å². The van der Waals surface area contributed by atoms with Crippen molar-refractivity contribution in [1.82, 2.24) is 10.1 Å². The molecule has 1 aromatic heterocycles. The molecule has 2 aromatic rings. The summed E-state index contributed by atoms with van der Waals surface area (Å²) in [6.07, 6.45) is 0.508. The van der Waals surface area contributed by atoms with Gasteiger partial charge >= 0.3 is 0 Å². The normalized spacial score (nSPS) is 10.7. The lowest BCUT2D eigenvalue weighted by molar-refractivity contribution is 0.199. The zero-order valence-corrected chi connectivity index (χ0v) is 9.31. The summed E-state index contributed by atoms with van der Waals surface area (Å²) in [6, 6.07) is 4.40. The van der Waals surface area contributed by atoms with E-state index in [9.17, 15) is 4.39 Å². The molecule has 0 aliphatic rings. The molecular formula is C11H12FN3O2. The average Bonchev–Trinajstić information content (AvgIpc) is 2.75. The number of nitrogen functional groups attached to an aromatic ring is 1. The SMILES string of the molecule is COCCc1noc(-c2c(N)cccc2F)n1. The van der Waals surface area contributed by atoms with Gasteiger partial charge in [0.25, 0.3) is 5.89 Å². The summed E-state index contributed by atoms with van der Waals surface area (Å²) in [7, 11) is 1.58. The summed E-state index contributed by atoms with van der Waals surface area (Å²) in [4.78, 5) is 4.06. The Bertz CT molecular complexity index is 493. The van der Waals surface area contributed by atoms with E-state index in [1.54, 1.807) is 13.2 Å². The van der Waals surface area contributed by atoms with Crippen LogP contribution in [0.15, 0.2) is 22.7 Å². The maximum absolute atomic E-state index is 13.6.